The molecule has 0 saturated heterocycles. The summed E-state index contributed by atoms with van der Waals surface area (Å²) in [6.07, 6.45) is 0. The molecule has 1 aromatic carbocycles. The van der Waals surface area contributed by atoms with E-state index in [0.29, 0.717) is 5.56 Å². The van der Waals surface area contributed by atoms with E-state index in [-0.39, 0.29) is 15.8 Å². The van der Waals surface area contributed by atoms with Crippen molar-refractivity contribution in [3.05, 3.63) is 28.8 Å². The summed E-state index contributed by atoms with van der Waals surface area (Å²) >= 11 is 5.89. The minimum atomic E-state index is -4.16. The third-order valence-electron chi connectivity index (χ3n) is 2.24. The Labute approximate surface area is 117 Å². The highest BCUT2D eigenvalue weighted by Gasteiger charge is 2.26. The standard InChI is InChI=1S/C10H12ClO6PS/c1-7(2)8-4-3-5-9(11)10(8)19(14,15)17-6-16-18(12)13/h3-5,7H,6H2,1-2H3/p+1. The zero-order chi connectivity index (χ0) is 14.6. The Bertz CT molecular complexity index is 571. The van der Waals surface area contributed by atoms with Crippen LogP contribution in [0.4, 0.5) is 0 Å². The van der Waals surface area contributed by atoms with Gasteiger partial charge in [-0.05, 0) is 17.5 Å². The van der Waals surface area contributed by atoms with E-state index in [1.807, 2.05) is 13.8 Å². The highest BCUT2D eigenvalue weighted by molar-refractivity contribution is 7.87. The van der Waals surface area contributed by atoms with E-state index in [1.165, 1.54) is 6.07 Å². The molecule has 1 unspecified atom stereocenters. The molecule has 0 bridgehead atoms. The predicted octanol–water partition coefficient (Wildman–Crippen LogP) is 2.79. The minimum Gasteiger partial charge on any atom is -0.232 e. The van der Waals surface area contributed by atoms with Gasteiger partial charge < -0.3 is 0 Å². The Kier molecular flexibility index (Phi) is 5.85. The van der Waals surface area contributed by atoms with Crippen molar-refractivity contribution < 1.29 is 26.6 Å². The number of hydrogen-bond acceptors (Lipinski definition) is 5. The van der Waals surface area contributed by atoms with Crippen LogP contribution in [0, 0.1) is 0 Å². The molecular formula is C10H13ClO6PS+. The molecule has 0 heterocycles. The maximum atomic E-state index is 12.0. The monoisotopic (exact) mass is 327 g/mol. The van der Waals surface area contributed by atoms with E-state index in [1.54, 1.807) is 12.1 Å². The smallest absolute Gasteiger partial charge is 0.232 e. The Morgan fingerprint density at radius 3 is 2.58 bits per heavy atom. The lowest BCUT2D eigenvalue weighted by molar-refractivity contribution is 0.121. The third kappa shape index (κ3) is 4.49. The first-order valence-corrected chi connectivity index (χ1v) is 8.14. The van der Waals surface area contributed by atoms with Gasteiger partial charge in [0, 0.05) is 4.57 Å². The molecule has 6 nitrogen and oxygen atoms in total. The topological polar surface area (TPSA) is 89.9 Å². The Hall–Kier alpha value is -0.560. The Morgan fingerprint density at radius 1 is 1.42 bits per heavy atom. The lowest BCUT2D eigenvalue weighted by atomic mass is 10.0. The van der Waals surface area contributed by atoms with E-state index in [2.05, 4.69) is 8.71 Å². The van der Waals surface area contributed by atoms with Gasteiger partial charge in [0.15, 0.2) is 0 Å². The van der Waals surface area contributed by atoms with Gasteiger partial charge in [0.25, 0.3) is 0 Å². The molecule has 0 saturated carbocycles. The van der Waals surface area contributed by atoms with Gasteiger partial charge in [-0.1, -0.05) is 42.1 Å². The Balaban J connectivity index is 3.10. The van der Waals surface area contributed by atoms with Gasteiger partial charge >= 0.3 is 18.4 Å². The molecular weight excluding hydrogens is 315 g/mol. The van der Waals surface area contributed by atoms with Crippen molar-refractivity contribution >= 4 is 30.0 Å². The largest absolute Gasteiger partial charge is 0.697 e. The highest BCUT2D eigenvalue weighted by atomic mass is 35.5. The SMILES string of the molecule is CC(C)c1cccc(Cl)c1S(=O)(=O)OCO[P+](=O)O. The average molecular weight is 328 g/mol. The first-order valence-electron chi connectivity index (χ1n) is 5.22. The Morgan fingerprint density at radius 2 is 2.05 bits per heavy atom. The fraction of sp³-hybridized carbons (Fsp3) is 0.400. The van der Waals surface area contributed by atoms with Gasteiger partial charge in [0.1, 0.15) is 4.90 Å². The summed E-state index contributed by atoms with van der Waals surface area (Å²) in [7, 11) is -7.08. The number of rotatable bonds is 6. The molecule has 0 fully saturated rings. The molecule has 1 rings (SSSR count). The molecule has 0 spiro atoms. The van der Waals surface area contributed by atoms with E-state index in [0.717, 1.165) is 0 Å². The third-order valence-corrected chi connectivity index (χ3v) is 4.35. The van der Waals surface area contributed by atoms with Crippen molar-refractivity contribution in [2.24, 2.45) is 0 Å². The number of hydrogen-bond donors (Lipinski definition) is 1. The first kappa shape index (κ1) is 16.5. The van der Waals surface area contributed by atoms with Crippen LogP contribution in [-0.4, -0.2) is 20.1 Å². The van der Waals surface area contributed by atoms with E-state index in [4.69, 9.17) is 16.5 Å². The van der Waals surface area contributed by atoms with Gasteiger partial charge in [0.2, 0.25) is 6.79 Å². The van der Waals surface area contributed by atoms with Crippen LogP contribution in [-0.2, 0) is 23.4 Å². The average Bonchev–Trinajstić information content (AvgIpc) is 2.27. The maximum absolute atomic E-state index is 12.0. The van der Waals surface area contributed by atoms with Gasteiger partial charge in [-0.3, -0.25) is 0 Å². The normalized spacial score (nSPS) is 12.8. The van der Waals surface area contributed by atoms with Crippen LogP contribution in [0.2, 0.25) is 5.02 Å². The van der Waals surface area contributed by atoms with Crippen molar-refractivity contribution in [2.75, 3.05) is 6.79 Å². The van der Waals surface area contributed by atoms with Crippen LogP contribution in [0.5, 0.6) is 0 Å². The minimum absolute atomic E-state index is 0.0274. The van der Waals surface area contributed by atoms with E-state index >= 15 is 0 Å². The fourth-order valence-electron chi connectivity index (χ4n) is 1.43. The van der Waals surface area contributed by atoms with Crippen LogP contribution >= 0.6 is 19.9 Å². The summed E-state index contributed by atoms with van der Waals surface area (Å²) in [4.78, 5) is 8.25. The quantitative estimate of drug-likeness (QED) is 0.491. The van der Waals surface area contributed by atoms with Crippen LogP contribution < -0.4 is 0 Å². The molecule has 19 heavy (non-hydrogen) atoms. The fourth-order valence-corrected chi connectivity index (χ4v) is 3.30. The zero-order valence-electron chi connectivity index (χ0n) is 10.2. The highest BCUT2D eigenvalue weighted by Crippen LogP contribution is 2.31. The summed E-state index contributed by atoms with van der Waals surface area (Å²) in [6.45, 7) is 2.77. The van der Waals surface area contributed by atoms with Crippen molar-refractivity contribution in [1.29, 1.82) is 0 Å². The van der Waals surface area contributed by atoms with Crippen LogP contribution in [0.15, 0.2) is 23.1 Å². The predicted molar refractivity (Wildman–Crippen MR) is 69.6 cm³/mol. The summed E-state index contributed by atoms with van der Waals surface area (Å²) in [6, 6.07) is 4.69. The molecule has 0 amide bonds. The molecule has 0 aliphatic heterocycles. The number of benzene rings is 1. The molecule has 106 valence electrons. The molecule has 0 aromatic heterocycles. The maximum Gasteiger partial charge on any atom is 0.697 e. The van der Waals surface area contributed by atoms with Crippen molar-refractivity contribution in [3.63, 3.8) is 0 Å². The second kappa shape index (κ2) is 6.74. The molecule has 1 atom stereocenters. The summed E-state index contributed by atoms with van der Waals surface area (Å²) < 4.78 is 43.0. The number of halogens is 1. The zero-order valence-corrected chi connectivity index (χ0v) is 12.7. The summed E-state index contributed by atoms with van der Waals surface area (Å²) in [5, 5.41) is 0.0274. The molecule has 0 radical (unpaired) electrons. The molecule has 0 aliphatic carbocycles. The second-order valence-electron chi connectivity index (χ2n) is 3.87. The lowest BCUT2D eigenvalue weighted by Gasteiger charge is -2.13. The van der Waals surface area contributed by atoms with Gasteiger partial charge in [-0.25, -0.2) is 4.18 Å². The van der Waals surface area contributed by atoms with Crippen LogP contribution in [0.3, 0.4) is 0 Å². The molecule has 0 aliphatic rings. The van der Waals surface area contributed by atoms with E-state index in [9.17, 15) is 13.0 Å². The molecule has 9 heteroatoms. The molecule has 1 N–H and O–H groups in total. The van der Waals surface area contributed by atoms with Crippen molar-refractivity contribution in [2.45, 2.75) is 24.7 Å². The summed E-state index contributed by atoms with van der Waals surface area (Å²) in [5.41, 5.74) is 0.501. The van der Waals surface area contributed by atoms with Gasteiger partial charge in [0.05, 0.1) is 5.02 Å². The van der Waals surface area contributed by atoms with Gasteiger partial charge in [-0.15, -0.1) is 4.89 Å². The van der Waals surface area contributed by atoms with Crippen LogP contribution in [0.1, 0.15) is 25.3 Å². The van der Waals surface area contributed by atoms with Crippen molar-refractivity contribution in [3.8, 4) is 0 Å². The van der Waals surface area contributed by atoms with Gasteiger partial charge in [-0.2, -0.15) is 8.42 Å². The lowest BCUT2D eigenvalue weighted by Crippen LogP contribution is -2.12. The second-order valence-corrected chi connectivity index (χ2v) is 6.56. The summed E-state index contributed by atoms with van der Waals surface area (Å²) in [5.74, 6) is -0.0810. The first-order chi connectivity index (χ1) is 8.75. The van der Waals surface area contributed by atoms with E-state index < -0.39 is 25.2 Å². The van der Waals surface area contributed by atoms with Crippen molar-refractivity contribution in [1.82, 2.24) is 0 Å². The molecule has 1 aromatic rings. The van der Waals surface area contributed by atoms with Crippen LogP contribution in [0.25, 0.3) is 0 Å².